The van der Waals surface area contributed by atoms with Crippen LogP contribution in [-0.2, 0) is 11.2 Å². The predicted molar refractivity (Wildman–Crippen MR) is 138 cm³/mol. The van der Waals surface area contributed by atoms with Gasteiger partial charge in [0.15, 0.2) is 6.29 Å². The number of urea groups is 1. The molecule has 10 nitrogen and oxygen atoms in total. The number of carbonyl (C=O) groups is 4. The fourth-order valence-corrected chi connectivity index (χ4v) is 3.80. The lowest BCUT2D eigenvalue weighted by molar-refractivity contribution is -0.139. The van der Waals surface area contributed by atoms with Crippen molar-refractivity contribution in [3.63, 3.8) is 0 Å². The summed E-state index contributed by atoms with van der Waals surface area (Å²) in [6.45, 7) is 1.85. The number of amides is 3. The van der Waals surface area contributed by atoms with Crippen LogP contribution in [0.3, 0.4) is 0 Å². The van der Waals surface area contributed by atoms with E-state index in [-0.39, 0.29) is 6.42 Å². The first-order valence-corrected chi connectivity index (χ1v) is 11.2. The van der Waals surface area contributed by atoms with Crippen molar-refractivity contribution < 1.29 is 34.5 Å². The molecule has 0 heterocycles. The number of aldehydes is 1. The zero-order valence-corrected chi connectivity index (χ0v) is 20.5. The maximum atomic E-state index is 13.0. The van der Waals surface area contributed by atoms with Crippen LogP contribution < -0.4 is 15.1 Å². The minimum Gasteiger partial charge on any atom is -0.507 e. The number of nitrogens with zero attached hydrogens (tertiary/aromatic N) is 2. The van der Waals surface area contributed by atoms with Gasteiger partial charge in [0.1, 0.15) is 23.1 Å². The van der Waals surface area contributed by atoms with Crippen LogP contribution in [0, 0.1) is 6.92 Å². The Morgan fingerprint density at radius 2 is 1.57 bits per heavy atom. The van der Waals surface area contributed by atoms with Gasteiger partial charge in [0.2, 0.25) is 0 Å². The lowest BCUT2D eigenvalue weighted by Crippen LogP contribution is -2.42. The minimum absolute atomic E-state index is 0.0840. The molecule has 1 unspecified atom stereocenters. The molecule has 0 radical (unpaired) electrons. The summed E-state index contributed by atoms with van der Waals surface area (Å²) in [6.07, 6.45) is 0.610. The molecule has 0 aliphatic heterocycles. The third-order valence-corrected chi connectivity index (χ3v) is 5.86. The van der Waals surface area contributed by atoms with Crippen molar-refractivity contribution in [3.8, 4) is 11.5 Å². The molecule has 192 valence electrons. The standard InChI is InChI=1S/C27H27N3O7/c1-16-7-12-21(18(13-16)15-31)30(3)27(37)29(2)19-10-8-17(9-11-19)14-20(26(35)36)28-25(34)24-22(32)5-4-6-23(24)33/h4-13,15,20,32-33H,14H2,1-3H3,(H,28,34)(H,35,36). The largest absolute Gasteiger partial charge is 0.507 e. The minimum atomic E-state index is -1.34. The average Bonchev–Trinajstić information content (AvgIpc) is 2.87. The Kier molecular flexibility index (Phi) is 8.13. The Morgan fingerprint density at radius 3 is 2.14 bits per heavy atom. The van der Waals surface area contributed by atoms with E-state index in [2.05, 4.69) is 5.32 Å². The van der Waals surface area contributed by atoms with Crippen molar-refractivity contribution >= 4 is 35.6 Å². The van der Waals surface area contributed by atoms with E-state index in [0.29, 0.717) is 28.8 Å². The van der Waals surface area contributed by atoms with Gasteiger partial charge >= 0.3 is 12.0 Å². The first-order valence-electron chi connectivity index (χ1n) is 11.2. The Bertz CT molecular complexity index is 1320. The normalized spacial score (nSPS) is 11.3. The molecule has 4 N–H and O–H groups in total. The first-order chi connectivity index (χ1) is 17.5. The molecule has 3 aromatic carbocycles. The quantitative estimate of drug-likeness (QED) is 0.343. The molecular weight excluding hydrogens is 478 g/mol. The topological polar surface area (TPSA) is 147 Å². The monoisotopic (exact) mass is 505 g/mol. The molecule has 0 fully saturated rings. The molecule has 0 aliphatic carbocycles. The second-order valence-electron chi connectivity index (χ2n) is 8.49. The maximum absolute atomic E-state index is 13.0. The van der Waals surface area contributed by atoms with Gasteiger partial charge in [0.05, 0.1) is 5.69 Å². The van der Waals surface area contributed by atoms with Crippen molar-refractivity contribution in [1.82, 2.24) is 5.32 Å². The number of aliphatic carboxylic acids is 1. The molecule has 3 aromatic rings. The van der Waals surface area contributed by atoms with Crippen molar-refractivity contribution in [2.24, 2.45) is 0 Å². The lowest BCUT2D eigenvalue weighted by atomic mass is 10.0. The van der Waals surface area contributed by atoms with Gasteiger partial charge in [0.25, 0.3) is 5.91 Å². The third-order valence-electron chi connectivity index (χ3n) is 5.86. The van der Waals surface area contributed by atoms with E-state index in [0.717, 1.165) is 5.56 Å². The third kappa shape index (κ3) is 6.04. The van der Waals surface area contributed by atoms with Crippen molar-refractivity contribution in [1.29, 1.82) is 0 Å². The molecule has 1 atom stereocenters. The molecule has 3 amide bonds. The summed E-state index contributed by atoms with van der Waals surface area (Å²) in [4.78, 5) is 51.5. The number of phenolic OH excluding ortho intramolecular Hbond substituents is 2. The van der Waals surface area contributed by atoms with E-state index in [1.165, 1.54) is 28.0 Å². The summed E-state index contributed by atoms with van der Waals surface area (Å²) in [6, 6.07) is 13.7. The van der Waals surface area contributed by atoms with Gasteiger partial charge in [-0.2, -0.15) is 0 Å². The Hall–Kier alpha value is -4.86. The lowest BCUT2D eigenvalue weighted by Gasteiger charge is -2.26. The molecule has 0 saturated carbocycles. The highest BCUT2D eigenvalue weighted by Crippen LogP contribution is 2.26. The van der Waals surface area contributed by atoms with E-state index >= 15 is 0 Å². The van der Waals surface area contributed by atoms with Gasteiger partial charge < -0.3 is 20.6 Å². The fraction of sp³-hybridized carbons (Fsp3) is 0.185. The zero-order chi connectivity index (χ0) is 27.3. The fourth-order valence-electron chi connectivity index (χ4n) is 3.80. The SMILES string of the molecule is Cc1ccc(N(C)C(=O)N(C)c2ccc(CC(NC(=O)c3c(O)cccc3O)C(=O)O)cc2)c(C=O)c1. The van der Waals surface area contributed by atoms with E-state index in [9.17, 15) is 34.5 Å². The molecule has 0 aliphatic rings. The maximum Gasteiger partial charge on any atom is 0.328 e. The molecule has 0 aromatic heterocycles. The number of nitrogens with one attached hydrogen (secondary N) is 1. The second kappa shape index (κ2) is 11.3. The van der Waals surface area contributed by atoms with E-state index < -0.39 is 41.0 Å². The van der Waals surface area contributed by atoms with Crippen LogP contribution >= 0.6 is 0 Å². The number of aromatic hydroxyl groups is 2. The summed E-state index contributed by atoms with van der Waals surface area (Å²) >= 11 is 0. The number of carboxylic acids is 1. The second-order valence-corrected chi connectivity index (χ2v) is 8.49. The summed E-state index contributed by atoms with van der Waals surface area (Å²) < 4.78 is 0. The molecule has 37 heavy (non-hydrogen) atoms. The van der Waals surface area contributed by atoms with Gasteiger partial charge in [-0.15, -0.1) is 0 Å². The van der Waals surface area contributed by atoms with Crippen molar-refractivity contribution in [3.05, 3.63) is 82.9 Å². The van der Waals surface area contributed by atoms with Gasteiger partial charge in [-0.1, -0.05) is 29.8 Å². The van der Waals surface area contributed by atoms with Crippen LogP contribution in [0.15, 0.2) is 60.7 Å². The molecule has 10 heteroatoms. The van der Waals surface area contributed by atoms with E-state index in [1.807, 2.05) is 6.92 Å². The number of carboxylic acid groups (broad SMARTS) is 1. The summed E-state index contributed by atoms with van der Waals surface area (Å²) in [5.41, 5.74) is 2.41. The molecule has 0 spiro atoms. The smallest absolute Gasteiger partial charge is 0.328 e. The highest BCUT2D eigenvalue weighted by molar-refractivity contribution is 6.05. The number of hydrogen-bond acceptors (Lipinski definition) is 6. The van der Waals surface area contributed by atoms with E-state index in [1.54, 1.807) is 56.6 Å². The van der Waals surface area contributed by atoms with E-state index in [4.69, 9.17) is 0 Å². The number of anilines is 2. The van der Waals surface area contributed by atoms with Gasteiger partial charge in [-0.25, -0.2) is 9.59 Å². The Balaban J connectivity index is 1.72. The van der Waals surface area contributed by atoms with Crippen LogP contribution in [-0.4, -0.2) is 59.7 Å². The molecule has 0 saturated heterocycles. The highest BCUT2D eigenvalue weighted by atomic mass is 16.4. The number of hydrogen-bond donors (Lipinski definition) is 4. The summed E-state index contributed by atoms with van der Waals surface area (Å²) in [5, 5.41) is 31.6. The summed E-state index contributed by atoms with van der Waals surface area (Å²) in [5.74, 6) is -3.19. The van der Waals surface area contributed by atoms with Crippen LogP contribution in [0.2, 0.25) is 0 Å². The van der Waals surface area contributed by atoms with Crippen molar-refractivity contribution in [2.45, 2.75) is 19.4 Å². The van der Waals surface area contributed by atoms with Crippen LogP contribution in [0.1, 0.15) is 31.8 Å². The molecular formula is C27H27N3O7. The van der Waals surface area contributed by atoms with Crippen molar-refractivity contribution in [2.75, 3.05) is 23.9 Å². The number of rotatable bonds is 8. The summed E-state index contributed by atoms with van der Waals surface area (Å²) in [7, 11) is 3.13. The Labute approximate surface area is 213 Å². The predicted octanol–water partition coefficient (Wildman–Crippen LogP) is 3.34. The van der Waals surface area contributed by atoms with Crippen LogP contribution in [0.25, 0.3) is 0 Å². The average molecular weight is 506 g/mol. The first kappa shape index (κ1) is 26.7. The molecule has 0 bridgehead atoms. The zero-order valence-electron chi connectivity index (χ0n) is 20.5. The number of phenols is 2. The molecule has 3 rings (SSSR count). The number of carbonyl (C=O) groups excluding carboxylic acids is 3. The highest BCUT2D eigenvalue weighted by Gasteiger charge is 2.25. The van der Waals surface area contributed by atoms with Crippen LogP contribution in [0.4, 0.5) is 16.2 Å². The van der Waals surface area contributed by atoms with Gasteiger partial charge in [0, 0.05) is 31.8 Å². The van der Waals surface area contributed by atoms with Gasteiger partial charge in [-0.05, 0) is 48.9 Å². The Morgan fingerprint density at radius 1 is 0.946 bits per heavy atom. The van der Waals surface area contributed by atoms with Gasteiger partial charge in [-0.3, -0.25) is 19.4 Å². The number of aryl methyl sites for hydroxylation is 1. The van der Waals surface area contributed by atoms with Crippen LogP contribution in [0.5, 0.6) is 11.5 Å². The number of benzene rings is 3.